The Balaban J connectivity index is 1.92. The Bertz CT molecular complexity index is 274. The minimum absolute atomic E-state index is 0.837. The molecule has 0 N–H and O–H groups in total. The second kappa shape index (κ2) is 7.81. The van der Waals surface area contributed by atoms with Crippen LogP contribution < -0.4 is 0 Å². The topological polar surface area (TPSA) is 0 Å². The standard InChI is InChI=1S/C18H30/c1-2-3-10-16-11-8-9-14-18(15-16)17-12-6-4-5-7-13-17/h6,9,12,14,16-18H,2-5,7-8,10-11,13,15H2,1H3. The van der Waals surface area contributed by atoms with Crippen LogP contribution in [-0.2, 0) is 0 Å². The molecule has 2 rings (SSSR count). The van der Waals surface area contributed by atoms with Crippen molar-refractivity contribution in [2.75, 3.05) is 0 Å². The molecule has 0 bridgehead atoms. The van der Waals surface area contributed by atoms with Crippen LogP contribution in [0.2, 0.25) is 0 Å². The summed E-state index contributed by atoms with van der Waals surface area (Å²) < 4.78 is 0. The minimum Gasteiger partial charge on any atom is -0.0882 e. The molecule has 18 heavy (non-hydrogen) atoms. The third-order valence-electron chi connectivity index (χ3n) is 4.79. The molecule has 0 aliphatic heterocycles. The third-order valence-corrected chi connectivity index (χ3v) is 4.79. The fourth-order valence-corrected chi connectivity index (χ4v) is 3.62. The number of unbranched alkanes of at least 4 members (excludes halogenated alkanes) is 1. The van der Waals surface area contributed by atoms with Crippen molar-refractivity contribution in [3.8, 4) is 0 Å². The Labute approximate surface area is 114 Å². The molecule has 0 aromatic rings. The zero-order valence-corrected chi connectivity index (χ0v) is 12.1. The molecular weight excluding hydrogens is 216 g/mol. The van der Waals surface area contributed by atoms with Gasteiger partial charge in [0.2, 0.25) is 0 Å². The van der Waals surface area contributed by atoms with E-state index in [0.29, 0.717) is 0 Å². The summed E-state index contributed by atoms with van der Waals surface area (Å²) in [5.74, 6) is 2.66. The van der Waals surface area contributed by atoms with Crippen molar-refractivity contribution in [2.24, 2.45) is 17.8 Å². The van der Waals surface area contributed by atoms with Crippen LogP contribution in [0.5, 0.6) is 0 Å². The molecule has 102 valence electrons. The van der Waals surface area contributed by atoms with Crippen LogP contribution in [-0.4, -0.2) is 0 Å². The Morgan fingerprint density at radius 2 is 1.78 bits per heavy atom. The molecule has 0 nitrogen and oxygen atoms in total. The summed E-state index contributed by atoms with van der Waals surface area (Å²) in [5, 5.41) is 0. The first kappa shape index (κ1) is 13.9. The van der Waals surface area contributed by atoms with Crippen molar-refractivity contribution in [3.63, 3.8) is 0 Å². The molecule has 0 saturated heterocycles. The van der Waals surface area contributed by atoms with E-state index < -0.39 is 0 Å². The summed E-state index contributed by atoms with van der Waals surface area (Å²) in [4.78, 5) is 0. The lowest BCUT2D eigenvalue weighted by Crippen LogP contribution is -2.14. The summed E-state index contributed by atoms with van der Waals surface area (Å²) in [6.45, 7) is 2.32. The molecule has 3 unspecified atom stereocenters. The van der Waals surface area contributed by atoms with Crippen molar-refractivity contribution in [1.82, 2.24) is 0 Å². The van der Waals surface area contributed by atoms with E-state index >= 15 is 0 Å². The normalized spacial score (nSPS) is 33.1. The highest BCUT2D eigenvalue weighted by molar-refractivity contribution is 5.03. The lowest BCUT2D eigenvalue weighted by atomic mass is 9.81. The van der Waals surface area contributed by atoms with Crippen LogP contribution >= 0.6 is 0 Å². The van der Waals surface area contributed by atoms with Crippen molar-refractivity contribution in [1.29, 1.82) is 0 Å². The highest BCUT2D eigenvalue weighted by atomic mass is 14.3. The second-order valence-electron chi connectivity index (χ2n) is 6.29. The van der Waals surface area contributed by atoms with E-state index in [0.717, 1.165) is 17.8 Å². The summed E-state index contributed by atoms with van der Waals surface area (Å²) in [6, 6.07) is 0. The third kappa shape index (κ3) is 4.30. The molecule has 0 aromatic carbocycles. The van der Waals surface area contributed by atoms with Crippen LogP contribution in [0.1, 0.15) is 71.1 Å². The van der Waals surface area contributed by atoms with Crippen LogP contribution in [0.25, 0.3) is 0 Å². The summed E-state index contributed by atoms with van der Waals surface area (Å²) >= 11 is 0. The summed E-state index contributed by atoms with van der Waals surface area (Å²) in [7, 11) is 0. The van der Waals surface area contributed by atoms with E-state index in [1.807, 2.05) is 0 Å². The van der Waals surface area contributed by atoms with E-state index in [4.69, 9.17) is 0 Å². The second-order valence-corrected chi connectivity index (χ2v) is 6.29. The van der Waals surface area contributed by atoms with Crippen molar-refractivity contribution in [3.05, 3.63) is 24.3 Å². The molecule has 0 heterocycles. The van der Waals surface area contributed by atoms with E-state index in [9.17, 15) is 0 Å². The first-order chi connectivity index (χ1) is 8.90. The highest BCUT2D eigenvalue weighted by Crippen LogP contribution is 2.35. The van der Waals surface area contributed by atoms with Crippen molar-refractivity contribution < 1.29 is 0 Å². The maximum Gasteiger partial charge on any atom is -0.0168 e. The van der Waals surface area contributed by atoms with Gasteiger partial charge in [0.15, 0.2) is 0 Å². The Morgan fingerprint density at radius 1 is 0.944 bits per heavy atom. The zero-order chi connectivity index (χ0) is 12.6. The zero-order valence-electron chi connectivity index (χ0n) is 12.1. The molecule has 0 aromatic heterocycles. The maximum absolute atomic E-state index is 2.55. The number of allylic oxidation sites excluding steroid dienone is 4. The fourth-order valence-electron chi connectivity index (χ4n) is 3.62. The molecule has 3 atom stereocenters. The molecule has 0 heteroatoms. The molecule has 0 fully saturated rings. The van der Waals surface area contributed by atoms with Crippen LogP contribution in [0.4, 0.5) is 0 Å². The van der Waals surface area contributed by atoms with Gasteiger partial charge in [-0.15, -0.1) is 0 Å². The predicted octanol–water partition coefficient (Wildman–Crippen LogP) is 5.90. The van der Waals surface area contributed by atoms with Gasteiger partial charge in [0.25, 0.3) is 0 Å². The largest absolute Gasteiger partial charge is 0.0882 e. The summed E-state index contributed by atoms with van der Waals surface area (Å²) in [5.41, 5.74) is 0. The molecule has 2 aliphatic carbocycles. The SMILES string of the molecule is CCCCC1CCC=CC(C2C=CCCCC2)C1. The average Bonchev–Trinajstić information content (AvgIpc) is 2.78. The van der Waals surface area contributed by atoms with Crippen molar-refractivity contribution in [2.45, 2.75) is 71.1 Å². The van der Waals surface area contributed by atoms with E-state index in [2.05, 4.69) is 31.2 Å². The molecule has 0 saturated carbocycles. The Hall–Kier alpha value is -0.520. The first-order valence-electron chi connectivity index (χ1n) is 8.23. The van der Waals surface area contributed by atoms with Crippen LogP contribution in [0, 0.1) is 17.8 Å². The minimum atomic E-state index is 0.837. The number of hydrogen-bond acceptors (Lipinski definition) is 0. The average molecular weight is 246 g/mol. The van der Waals surface area contributed by atoms with Gasteiger partial charge >= 0.3 is 0 Å². The van der Waals surface area contributed by atoms with Gasteiger partial charge < -0.3 is 0 Å². The van der Waals surface area contributed by atoms with Gasteiger partial charge in [0.05, 0.1) is 0 Å². The van der Waals surface area contributed by atoms with Crippen LogP contribution in [0.3, 0.4) is 0 Å². The van der Waals surface area contributed by atoms with Crippen LogP contribution in [0.15, 0.2) is 24.3 Å². The molecular formula is C18H30. The van der Waals surface area contributed by atoms with Gasteiger partial charge in [-0.3, -0.25) is 0 Å². The Morgan fingerprint density at radius 3 is 2.67 bits per heavy atom. The number of hydrogen-bond donors (Lipinski definition) is 0. The van der Waals surface area contributed by atoms with Gasteiger partial charge in [-0.2, -0.15) is 0 Å². The maximum atomic E-state index is 2.55. The van der Waals surface area contributed by atoms with Gasteiger partial charge in [-0.25, -0.2) is 0 Å². The van der Waals surface area contributed by atoms with Crippen molar-refractivity contribution >= 4 is 0 Å². The summed E-state index contributed by atoms with van der Waals surface area (Å²) in [6.07, 6.45) is 24.0. The van der Waals surface area contributed by atoms with Gasteiger partial charge in [-0.05, 0) is 56.3 Å². The number of rotatable bonds is 4. The monoisotopic (exact) mass is 246 g/mol. The van der Waals surface area contributed by atoms with E-state index in [1.54, 1.807) is 0 Å². The highest BCUT2D eigenvalue weighted by Gasteiger charge is 2.23. The molecule has 0 radical (unpaired) electrons. The molecule has 2 aliphatic rings. The predicted molar refractivity (Wildman–Crippen MR) is 80.6 cm³/mol. The molecule has 0 spiro atoms. The fraction of sp³-hybridized carbons (Fsp3) is 0.778. The first-order valence-corrected chi connectivity index (χ1v) is 8.23. The Kier molecular flexibility index (Phi) is 6.04. The smallest absolute Gasteiger partial charge is 0.0168 e. The molecule has 0 amide bonds. The quantitative estimate of drug-likeness (QED) is 0.542. The lowest BCUT2D eigenvalue weighted by Gasteiger charge is -2.24. The van der Waals surface area contributed by atoms with Gasteiger partial charge in [0, 0.05) is 0 Å². The van der Waals surface area contributed by atoms with Gasteiger partial charge in [0.1, 0.15) is 0 Å². The van der Waals surface area contributed by atoms with E-state index in [1.165, 1.54) is 64.2 Å². The van der Waals surface area contributed by atoms with E-state index in [-0.39, 0.29) is 0 Å². The van der Waals surface area contributed by atoms with Gasteiger partial charge in [-0.1, -0.05) is 56.9 Å². The lowest BCUT2D eigenvalue weighted by molar-refractivity contribution is 0.319.